The number of benzene rings is 2. The molecule has 0 unspecified atom stereocenters. The molecule has 0 aromatic heterocycles. The molecule has 1 fully saturated rings. The van der Waals surface area contributed by atoms with E-state index in [1.807, 2.05) is 0 Å². The molecule has 1 heterocycles. The molecule has 0 atom stereocenters. The van der Waals surface area contributed by atoms with Crippen LogP contribution in [-0.4, -0.2) is 52.9 Å². The van der Waals surface area contributed by atoms with E-state index in [9.17, 15) is 27.9 Å². The van der Waals surface area contributed by atoms with Crippen molar-refractivity contribution in [2.45, 2.75) is 26.1 Å². The number of hydrogen-bond donors (Lipinski definition) is 2. The zero-order chi connectivity index (χ0) is 22.6. The van der Waals surface area contributed by atoms with Gasteiger partial charge in [-0.2, -0.15) is 13.2 Å². The zero-order valence-corrected chi connectivity index (χ0v) is 17.1. The van der Waals surface area contributed by atoms with E-state index in [1.54, 1.807) is 4.90 Å². The van der Waals surface area contributed by atoms with Gasteiger partial charge in [0.25, 0.3) is 5.91 Å². The second-order valence-electron chi connectivity index (χ2n) is 7.53. The lowest BCUT2D eigenvalue weighted by molar-refractivity contribution is -0.137. The van der Waals surface area contributed by atoms with Gasteiger partial charge in [-0.05, 0) is 42.3 Å². The maximum absolute atomic E-state index is 12.9. The number of carbonyl (C=O) groups is 2. The molecule has 9 heteroatoms. The summed E-state index contributed by atoms with van der Waals surface area (Å²) >= 11 is 0. The van der Waals surface area contributed by atoms with Crippen LogP contribution in [0.1, 0.15) is 34.8 Å². The lowest BCUT2D eigenvalue weighted by Crippen LogP contribution is -2.35. The maximum Gasteiger partial charge on any atom is 0.416 e. The smallest absolute Gasteiger partial charge is 0.416 e. The fourth-order valence-electron chi connectivity index (χ4n) is 3.55. The zero-order valence-electron chi connectivity index (χ0n) is 17.1. The lowest BCUT2D eigenvalue weighted by atomic mass is 10.1. The molecular weight excluding hydrogens is 411 g/mol. The summed E-state index contributed by atoms with van der Waals surface area (Å²) in [5.74, 6) is -0.774. The molecule has 2 aromatic carbocycles. The molecule has 0 spiro atoms. The Balaban J connectivity index is 1.63. The van der Waals surface area contributed by atoms with E-state index in [0.29, 0.717) is 44.8 Å². The Morgan fingerprint density at radius 1 is 1.03 bits per heavy atom. The van der Waals surface area contributed by atoms with Gasteiger partial charge in [-0.25, -0.2) is 0 Å². The molecule has 0 radical (unpaired) electrons. The quantitative estimate of drug-likeness (QED) is 0.718. The predicted molar refractivity (Wildman–Crippen MR) is 110 cm³/mol. The summed E-state index contributed by atoms with van der Waals surface area (Å²) in [6, 6.07) is 9.44. The normalized spacial score (nSPS) is 15.4. The van der Waals surface area contributed by atoms with Crippen molar-refractivity contribution in [1.29, 1.82) is 0 Å². The molecule has 6 nitrogen and oxygen atoms in total. The third-order valence-electron chi connectivity index (χ3n) is 5.11. The van der Waals surface area contributed by atoms with Crippen molar-refractivity contribution in [1.82, 2.24) is 9.80 Å². The van der Waals surface area contributed by atoms with Crippen molar-refractivity contribution in [2.75, 3.05) is 31.5 Å². The summed E-state index contributed by atoms with van der Waals surface area (Å²) in [5.41, 5.74) is 0.633. The number of halogens is 3. The standard InChI is InChI=1S/C22H24F3N3O3/c1-15(29)26-18-7-8-20(30)19(13-18)21(31)28-10-2-9-27(11-12-28)14-16-3-5-17(6-4-16)22(23,24)25/h3-8,13,30H,2,9-12,14H2,1H3,(H,26,29). The molecule has 1 aliphatic rings. The molecule has 31 heavy (non-hydrogen) atoms. The molecule has 1 saturated heterocycles. The number of carbonyl (C=O) groups excluding carboxylic acids is 2. The van der Waals surface area contributed by atoms with Crippen molar-refractivity contribution in [3.8, 4) is 5.75 Å². The summed E-state index contributed by atoms with van der Waals surface area (Å²) in [5, 5.41) is 12.7. The lowest BCUT2D eigenvalue weighted by Gasteiger charge is -2.23. The van der Waals surface area contributed by atoms with Gasteiger partial charge in [-0.3, -0.25) is 14.5 Å². The van der Waals surface area contributed by atoms with E-state index < -0.39 is 11.7 Å². The Kier molecular flexibility index (Phi) is 6.84. The second-order valence-corrected chi connectivity index (χ2v) is 7.53. The first-order chi connectivity index (χ1) is 14.6. The number of rotatable bonds is 4. The van der Waals surface area contributed by atoms with E-state index in [1.165, 1.54) is 37.3 Å². The minimum atomic E-state index is -4.36. The van der Waals surface area contributed by atoms with E-state index in [0.717, 1.165) is 17.7 Å². The van der Waals surface area contributed by atoms with Crippen molar-refractivity contribution in [3.63, 3.8) is 0 Å². The summed E-state index contributed by atoms with van der Waals surface area (Å²) < 4.78 is 38.2. The van der Waals surface area contributed by atoms with Gasteiger partial charge >= 0.3 is 6.18 Å². The van der Waals surface area contributed by atoms with Crippen LogP contribution in [-0.2, 0) is 17.5 Å². The molecular formula is C22H24F3N3O3. The Hall–Kier alpha value is -3.07. The summed E-state index contributed by atoms with van der Waals surface area (Å²) in [6.45, 7) is 4.01. The Labute approximate surface area is 178 Å². The van der Waals surface area contributed by atoms with Gasteiger partial charge in [0.05, 0.1) is 11.1 Å². The number of aromatic hydroxyl groups is 1. The number of phenolic OH excluding ortho intramolecular Hbond substituents is 1. The number of nitrogens with one attached hydrogen (secondary N) is 1. The minimum absolute atomic E-state index is 0.113. The average Bonchev–Trinajstić information content (AvgIpc) is 2.94. The topological polar surface area (TPSA) is 72.9 Å². The van der Waals surface area contributed by atoms with Crippen LogP contribution in [0.2, 0.25) is 0 Å². The number of amides is 2. The number of phenols is 1. The Morgan fingerprint density at radius 3 is 2.39 bits per heavy atom. The van der Waals surface area contributed by atoms with E-state index >= 15 is 0 Å². The van der Waals surface area contributed by atoms with E-state index in [-0.39, 0.29) is 23.1 Å². The molecule has 0 bridgehead atoms. The maximum atomic E-state index is 12.9. The van der Waals surface area contributed by atoms with Crippen LogP contribution in [0.25, 0.3) is 0 Å². The summed E-state index contributed by atoms with van der Waals surface area (Å²) in [6.07, 6.45) is -3.66. The fraction of sp³-hybridized carbons (Fsp3) is 0.364. The van der Waals surface area contributed by atoms with Crippen LogP contribution in [0.15, 0.2) is 42.5 Å². The van der Waals surface area contributed by atoms with Gasteiger partial charge in [-0.15, -0.1) is 0 Å². The van der Waals surface area contributed by atoms with Crippen LogP contribution < -0.4 is 5.32 Å². The first-order valence-electron chi connectivity index (χ1n) is 9.92. The first kappa shape index (κ1) is 22.6. The summed E-state index contributed by atoms with van der Waals surface area (Å²) in [4.78, 5) is 27.9. The highest BCUT2D eigenvalue weighted by Gasteiger charge is 2.30. The predicted octanol–water partition coefficient (Wildman–Crippen LogP) is 3.72. The van der Waals surface area contributed by atoms with Crippen molar-refractivity contribution in [2.24, 2.45) is 0 Å². The SMILES string of the molecule is CC(=O)Nc1ccc(O)c(C(=O)N2CCCN(Cc3ccc(C(F)(F)F)cc3)CC2)c1. The van der Waals surface area contributed by atoms with Crippen molar-refractivity contribution >= 4 is 17.5 Å². The average molecular weight is 435 g/mol. The van der Waals surface area contributed by atoms with Crippen molar-refractivity contribution < 1.29 is 27.9 Å². The van der Waals surface area contributed by atoms with Crippen LogP contribution in [0.4, 0.5) is 18.9 Å². The molecule has 2 N–H and O–H groups in total. The third kappa shape index (κ3) is 5.97. The monoisotopic (exact) mass is 435 g/mol. The Morgan fingerprint density at radius 2 is 1.74 bits per heavy atom. The van der Waals surface area contributed by atoms with Gasteiger partial charge in [0.1, 0.15) is 5.75 Å². The number of hydrogen-bond acceptors (Lipinski definition) is 4. The van der Waals surface area contributed by atoms with Crippen LogP contribution in [0.3, 0.4) is 0 Å². The molecule has 166 valence electrons. The van der Waals surface area contributed by atoms with E-state index in [4.69, 9.17) is 0 Å². The van der Waals surface area contributed by atoms with Crippen LogP contribution in [0.5, 0.6) is 5.75 Å². The second kappa shape index (κ2) is 9.38. The van der Waals surface area contributed by atoms with Crippen molar-refractivity contribution in [3.05, 3.63) is 59.2 Å². The molecule has 3 rings (SSSR count). The highest BCUT2D eigenvalue weighted by atomic mass is 19.4. The number of nitrogens with zero attached hydrogens (tertiary/aromatic N) is 2. The largest absolute Gasteiger partial charge is 0.507 e. The van der Waals surface area contributed by atoms with E-state index in [2.05, 4.69) is 10.2 Å². The molecule has 0 aliphatic carbocycles. The Bertz CT molecular complexity index is 945. The highest BCUT2D eigenvalue weighted by Crippen LogP contribution is 2.29. The number of anilines is 1. The minimum Gasteiger partial charge on any atom is -0.507 e. The molecule has 2 aromatic rings. The molecule has 1 aliphatic heterocycles. The molecule has 2 amide bonds. The highest BCUT2D eigenvalue weighted by molar-refractivity contribution is 5.99. The molecule has 0 saturated carbocycles. The third-order valence-corrected chi connectivity index (χ3v) is 5.11. The van der Waals surface area contributed by atoms with Gasteiger partial charge in [-0.1, -0.05) is 12.1 Å². The van der Waals surface area contributed by atoms with Gasteiger partial charge in [0.2, 0.25) is 5.91 Å². The van der Waals surface area contributed by atoms with Gasteiger partial charge in [0.15, 0.2) is 0 Å². The van der Waals surface area contributed by atoms with Crippen LogP contribution in [0, 0.1) is 0 Å². The van der Waals surface area contributed by atoms with Gasteiger partial charge in [0, 0.05) is 45.3 Å². The van der Waals surface area contributed by atoms with Crippen LogP contribution >= 0.6 is 0 Å². The fourth-order valence-corrected chi connectivity index (χ4v) is 3.55. The first-order valence-corrected chi connectivity index (χ1v) is 9.92. The number of alkyl halides is 3. The summed E-state index contributed by atoms with van der Waals surface area (Å²) in [7, 11) is 0. The van der Waals surface area contributed by atoms with Gasteiger partial charge < -0.3 is 15.3 Å².